The van der Waals surface area contributed by atoms with Crippen LogP contribution in [0.2, 0.25) is 0 Å². The lowest BCUT2D eigenvalue weighted by molar-refractivity contribution is -0.151. The Bertz CT molecular complexity index is 1080. The van der Waals surface area contributed by atoms with Gasteiger partial charge in [-0.2, -0.15) is 5.10 Å². The minimum Gasteiger partial charge on any atom is -0.339 e. The van der Waals surface area contributed by atoms with Crippen molar-refractivity contribution >= 4 is 11.8 Å². The molecule has 0 saturated carbocycles. The molecule has 1 fully saturated rings. The molecule has 2 aromatic heterocycles. The first kappa shape index (κ1) is 22.7. The summed E-state index contributed by atoms with van der Waals surface area (Å²) in [6.07, 6.45) is 7.09. The van der Waals surface area contributed by atoms with Gasteiger partial charge in [-0.1, -0.05) is 37.3 Å². The van der Waals surface area contributed by atoms with E-state index in [-0.39, 0.29) is 11.8 Å². The first-order valence-corrected chi connectivity index (χ1v) is 11.6. The molecule has 1 aromatic carbocycles. The maximum Gasteiger partial charge on any atom is 0.245 e. The lowest BCUT2D eigenvalue weighted by atomic mass is 9.98. The van der Waals surface area contributed by atoms with Crippen LogP contribution < -0.4 is 0 Å². The molecule has 33 heavy (non-hydrogen) atoms. The van der Waals surface area contributed by atoms with Gasteiger partial charge in [0.1, 0.15) is 6.04 Å². The van der Waals surface area contributed by atoms with Crippen molar-refractivity contribution in [3.63, 3.8) is 0 Å². The lowest BCUT2D eigenvalue weighted by Gasteiger charge is -2.41. The van der Waals surface area contributed by atoms with E-state index in [4.69, 9.17) is 0 Å². The number of nitrogens with zero attached hydrogens (tertiary/aromatic N) is 5. The zero-order valence-electron chi connectivity index (χ0n) is 19.4. The fourth-order valence-corrected chi connectivity index (χ4v) is 4.39. The van der Waals surface area contributed by atoms with Gasteiger partial charge in [0, 0.05) is 63.3 Å². The molecule has 172 valence electrons. The Labute approximate surface area is 195 Å². The van der Waals surface area contributed by atoms with Crippen LogP contribution in [0.15, 0.2) is 61.1 Å². The number of pyridine rings is 1. The van der Waals surface area contributed by atoms with E-state index in [1.54, 1.807) is 17.3 Å². The van der Waals surface area contributed by atoms with Gasteiger partial charge in [-0.05, 0) is 42.2 Å². The number of carbonyl (C=O) groups excluding carboxylic acids is 2. The number of carbonyl (C=O) groups is 2. The van der Waals surface area contributed by atoms with E-state index in [1.807, 2.05) is 53.0 Å². The molecule has 0 aliphatic carbocycles. The highest BCUT2D eigenvalue weighted by atomic mass is 16.2. The highest BCUT2D eigenvalue weighted by Gasteiger charge is 2.36. The molecule has 0 N–H and O–H groups in total. The molecule has 1 aliphatic heterocycles. The first-order chi connectivity index (χ1) is 16.1. The van der Waals surface area contributed by atoms with Crippen LogP contribution in [-0.4, -0.2) is 62.1 Å². The molecule has 2 amide bonds. The van der Waals surface area contributed by atoms with Crippen LogP contribution in [0.25, 0.3) is 11.1 Å². The predicted molar refractivity (Wildman–Crippen MR) is 127 cm³/mol. The molecular formula is C26H31N5O2. The van der Waals surface area contributed by atoms with E-state index in [1.165, 1.54) is 0 Å². The fourth-order valence-electron chi connectivity index (χ4n) is 4.39. The van der Waals surface area contributed by atoms with Crippen molar-refractivity contribution in [3.05, 3.63) is 72.3 Å². The molecule has 0 bridgehead atoms. The van der Waals surface area contributed by atoms with E-state index in [2.05, 4.69) is 29.1 Å². The van der Waals surface area contributed by atoms with Crippen LogP contribution in [0.1, 0.15) is 31.0 Å². The third-order valence-electron chi connectivity index (χ3n) is 6.24. The summed E-state index contributed by atoms with van der Waals surface area (Å²) >= 11 is 0. The molecule has 7 heteroatoms. The third kappa shape index (κ3) is 5.30. The first-order valence-electron chi connectivity index (χ1n) is 11.6. The Hall–Kier alpha value is -3.48. The second-order valence-corrected chi connectivity index (χ2v) is 8.52. The fraction of sp³-hybridized carbons (Fsp3) is 0.385. The van der Waals surface area contributed by atoms with Gasteiger partial charge in [-0.3, -0.25) is 19.3 Å². The van der Waals surface area contributed by atoms with Crippen molar-refractivity contribution in [2.24, 2.45) is 0 Å². The molecule has 4 rings (SSSR count). The Morgan fingerprint density at radius 2 is 1.85 bits per heavy atom. The van der Waals surface area contributed by atoms with Crippen LogP contribution in [-0.2, 0) is 22.6 Å². The molecule has 0 radical (unpaired) electrons. The molecule has 0 unspecified atom stereocenters. The zero-order valence-corrected chi connectivity index (χ0v) is 19.4. The number of rotatable bonds is 8. The average molecular weight is 446 g/mol. The molecule has 3 heterocycles. The van der Waals surface area contributed by atoms with Gasteiger partial charge in [0.15, 0.2) is 0 Å². The van der Waals surface area contributed by atoms with E-state index in [0.29, 0.717) is 32.5 Å². The van der Waals surface area contributed by atoms with Crippen LogP contribution >= 0.6 is 0 Å². The summed E-state index contributed by atoms with van der Waals surface area (Å²) < 4.78 is 1.83. The second kappa shape index (κ2) is 10.4. The Morgan fingerprint density at radius 3 is 2.52 bits per heavy atom. The Kier molecular flexibility index (Phi) is 7.17. The minimum absolute atomic E-state index is 0.00591. The van der Waals surface area contributed by atoms with E-state index < -0.39 is 6.04 Å². The van der Waals surface area contributed by atoms with Gasteiger partial charge in [-0.15, -0.1) is 0 Å². The van der Waals surface area contributed by atoms with E-state index in [0.717, 1.165) is 35.3 Å². The SMILES string of the molecule is CCCN1CCN(C(=O)CCn2nccc2C)[C@@H](Cc2ccc(-c3cccnc3)cc2)C1=O. The predicted octanol–water partition coefficient (Wildman–Crippen LogP) is 3.34. The number of piperazine rings is 1. The zero-order chi connectivity index (χ0) is 23.2. The van der Waals surface area contributed by atoms with Gasteiger partial charge in [-0.25, -0.2) is 0 Å². The summed E-state index contributed by atoms with van der Waals surface area (Å²) in [5.41, 5.74) is 4.20. The van der Waals surface area contributed by atoms with Crippen molar-refractivity contribution in [3.8, 4) is 11.1 Å². The molecule has 1 aliphatic rings. The van der Waals surface area contributed by atoms with Crippen LogP contribution in [0.3, 0.4) is 0 Å². The van der Waals surface area contributed by atoms with E-state index >= 15 is 0 Å². The van der Waals surface area contributed by atoms with Gasteiger partial charge < -0.3 is 9.80 Å². The summed E-state index contributed by atoms with van der Waals surface area (Å²) in [5.74, 6) is 0.0504. The number of aromatic nitrogens is 3. The number of hydrogen-bond acceptors (Lipinski definition) is 4. The summed E-state index contributed by atoms with van der Waals surface area (Å²) in [5, 5.41) is 4.27. The molecule has 1 saturated heterocycles. The molecular weight excluding hydrogens is 414 g/mol. The summed E-state index contributed by atoms with van der Waals surface area (Å²) in [7, 11) is 0. The van der Waals surface area contributed by atoms with E-state index in [9.17, 15) is 9.59 Å². The van der Waals surface area contributed by atoms with Gasteiger partial charge in [0.2, 0.25) is 11.8 Å². The molecule has 3 aromatic rings. The Balaban J connectivity index is 1.49. The largest absolute Gasteiger partial charge is 0.339 e. The number of amides is 2. The highest BCUT2D eigenvalue weighted by Crippen LogP contribution is 2.22. The molecule has 1 atom stereocenters. The number of aryl methyl sites for hydroxylation is 2. The van der Waals surface area contributed by atoms with Crippen LogP contribution in [0.4, 0.5) is 0 Å². The smallest absolute Gasteiger partial charge is 0.245 e. The quantitative estimate of drug-likeness (QED) is 0.533. The van der Waals surface area contributed by atoms with Crippen LogP contribution in [0, 0.1) is 6.92 Å². The van der Waals surface area contributed by atoms with Gasteiger partial charge in [0.05, 0.1) is 0 Å². The monoisotopic (exact) mass is 445 g/mol. The lowest BCUT2D eigenvalue weighted by Crippen LogP contribution is -2.59. The van der Waals surface area contributed by atoms with Crippen molar-refractivity contribution < 1.29 is 9.59 Å². The summed E-state index contributed by atoms with van der Waals surface area (Å²) in [4.78, 5) is 34.3. The average Bonchev–Trinajstić information content (AvgIpc) is 3.26. The molecule has 0 spiro atoms. The maximum absolute atomic E-state index is 13.3. The van der Waals surface area contributed by atoms with Crippen molar-refractivity contribution in [1.29, 1.82) is 0 Å². The maximum atomic E-state index is 13.3. The minimum atomic E-state index is -0.472. The topological polar surface area (TPSA) is 71.3 Å². The normalized spacial score (nSPS) is 16.3. The molecule has 7 nitrogen and oxygen atoms in total. The highest BCUT2D eigenvalue weighted by molar-refractivity contribution is 5.89. The summed E-state index contributed by atoms with van der Waals surface area (Å²) in [6, 6.07) is 13.6. The van der Waals surface area contributed by atoms with Gasteiger partial charge >= 0.3 is 0 Å². The Morgan fingerprint density at radius 1 is 1.03 bits per heavy atom. The number of benzene rings is 1. The number of hydrogen-bond donors (Lipinski definition) is 0. The van der Waals surface area contributed by atoms with Crippen molar-refractivity contribution in [2.45, 2.75) is 45.7 Å². The van der Waals surface area contributed by atoms with Crippen molar-refractivity contribution in [1.82, 2.24) is 24.6 Å². The standard InChI is InChI=1S/C26H31N5O2/c1-3-14-29-16-17-30(25(32)11-15-31-20(2)10-13-28-31)24(26(29)33)18-21-6-8-22(9-7-21)23-5-4-12-27-19-23/h4-10,12-13,19,24H,3,11,14-18H2,1-2H3/t24-/m0/s1. The summed E-state index contributed by atoms with van der Waals surface area (Å²) in [6.45, 7) is 6.46. The third-order valence-corrected chi connectivity index (χ3v) is 6.24. The van der Waals surface area contributed by atoms with Gasteiger partial charge in [0.25, 0.3) is 0 Å². The van der Waals surface area contributed by atoms with Crippen LogP contribution in [0.5, 0.6) is 0 Å². The second-order valence-electron chi connectivity index (χ2n) is 8.52. The van der Waals surface area contributed by atoms with Crippen molar-refractivity contribution in [2.75, 3.05) is 19.6 Å².